The standard InChI is InChI=1S/C13H9F3O2/c14-11-3-1-2-10(13(11)16)9-5-4-8(18-7-17)6-12(9)15/h1-3,6-7H,4-5H2. The van der Waals surface area contributed by atoms with Crippen LogP contribution in [-0.4, -0.2) is 6.47 Å². The number of rotatable bonds is 3. The number of ether oxygens (including phenoxy) is 1. The van der Waals surface area contributed by atoms with Crippen LogP contribution in [0, 0.1) is 11.6 Å². The Hall–Kier alpha value is -2.04. The highest BCUT2D eigenvalue weighted by atomic mass is 19.2. The van der Waals surface area contributed by atoms with Crippen molar-refractivity contribution >= 4 is 12.0 Å². The van der Waals surface area contributed by atoms with Crippen molar-refractivity contribution in [3.05, 3.63) is 53.1 Å². The van der Waals surface area contributed by atoms with Gasteiger partial charge in [0.05, 0.1) is 0 Å². The molecule has 1 aliphatic carbocycles. The molecule has 0 saturated heterocycles. The molecule has 1 aromatic rings. The molecule has 0 spiro atoms. The molecule has 5 heteroatoms. The molecular formula is C13H9F3O2. The second-order valence-corrected chi connectivity index (χ2v) is 3.75. The fourth-order valence-corrected chi connectivity index (χ4v) is 1.82. The third-order valence-electron chi connectivity index (χ3n) is 2.67. The van der Waals surface area contributed by atoms with Gasteiger partial charge in [0.15, 0.2) is 11.6 Å². The first-order chi connectivity index (χ1) is 8.63. The van der Waals surface area contributed by atoms with Crippen molar-refractivity contribution in [3.8, 4) is 0 Å². The van der Waals surface area contributed by atoms with Crippen LogP contribution in [0.3, 0.4) is 0 Å². The smallest absolute Gasteiger partial charge is 0.298 e. The normalized spacial score (nSPS) is 15.4. The summed E-state index contributed by atoms with van der Waals surface area (Å²) < 4.78 is 44.8. The van der Waals surface area contributed by atoms with Gasteiger partial charge in [-0.15, -0.1) is 0 Å². The lowest BCUT2D eigenvalue weighted by Gasteiger charge is -2.15. The zero-order valence-corrected chi connectivity index (χ0v) is 9.25. The molecule has 0 aliphatic heterocycles. The van der Waals surface area contributed by atoms with E-state index in [4.69, 9.17) is 0 Å². The molecule has 1 aliphatic rings. The summed E-state index contributed by atoms with van der Waals surface area (Å²) in [6.07, 6.45) is 1.42. The minimum Gasteiger partial charge on any atom is -0.433 e. The van der Waals surface area contributed by atoms with Gasteiger partial charge in [-0.25, -0.2) is 13.2 Å². The van der Waals surface area contributed by atoms with Crippen molar-refractivity contribution in [2.45, 2.75) is 12.8 Å². The van der Waals surface area contributed by atoms with Gasteiger partial charge in [0, 0.05) is 18.1 Å². The van der Waals surface area contributed by atoms with Crippen LogP contribution in [0.4, 0.5) is 13.2 Å². The van der Waals surface area contributed by atoms with Crippen LogP contribution < -0.4 is 0 Å². The highest BCUT2D eigenvalue weighted by Crippen LogP contribution is 2.34. The van der Waals surface area contributed by atoms with Crippen LogP contribution in [0.2, 0.25) is 0 Å². The molecule has 0 fully saturated rings. The SMILES string of the molecule is O=COC1=CC(F)=C(c2cccc(F)c2F)CC1. The molecule has 0 unspecified atom stereocenters. The van der Waals surface area contributed by atoms with E-state index in [1.165, 1.54) is 12.1 Å². The van der Waals surface area contributed by atoms with E-state index in [0.29, 0.717) is 0 Å². The van der Waals surface area contributed by atoms with Gasteiger partial charge in [0.2, 0.25) is 0 Å². The Kier molecular flexibility index (Phi) is 3.50. The number of hydrogen-bond donors (Lipinski definition) is 0. The van der Waals surface area contributed by atoms with E-state index in [0.717, 1.165) is 12.1 Å². The van der Waals surface area contributed by atoms with Crippen molar-refractivity contribution < 1.29 is 22.7 Å². The van der Waals surface area contributed by atoms with E-state index in [1.54, 1.807) is 0 Å². The minimum atomic E-state index is -1.07. The van der Waals surface area contributed by atoms with Gasteiger partial charge in [0.1, 0.15) is 11.6 Å². The first kappa shape index (κ1) is 12.4. The summed E-state index contributed by atoms with van der Waals surface area (Å²) in [5.74, 6) is -2.65. The van der Waals surface area contributed by atoms with Crippen LogP contribution in [0.25, 0.3) is 5.57 Å². The zero-order valence-electron chi connectivity index (χ0n) is 9.25. The summed E-state index contributed by atoms with van der Waals surface area (Å²) in [5.41, 5.74) is -0.0286. The average Bonchev–Trinajstić information content (AvgIpc) is 2.34. The molecule has 18 heavy (non-hydrogen) atoms. The van der Waals surface area contributed by atoms with Gasteiger partial charge in [0.25, 0.3) is 6.47 Å². The van der Waals surface area contributed by atoms with E-state index in [1.807, 2.05) is 0 Å². The lowest BCUT2D eigenvalue weighted by molar-refractivity contribution is -0.125. The summed E-state index contributed by atoms with van der Waals surface area (Å²) in [4.78, 5) is 10.1. The molecule has 0 saturated carbocycles. The van der Waals surface area contributed by atoms with Gasteiger partial charge in [-0.1, -0.05) is 12.1 Å². The topological polar surface area (TPSA) is 26.3 Å². The Morgan fingerprint density at radius 1 is 1.17 bits per heavy atom. The number of halogens is 3. The molecule has 0 bridgehead atoms. The van der Waals surface area contributed by atoms with Crippen molar-refractivity contribution in [1.29, 1.82) is 0 Å². The van der Waals surface area contributed by atoms with Crippen molar-refractivity contribution in [2.75, 3.05) is 0 Å². The van der Waals surface area contributed by atoms with Crippen LogP contribution in [0.1, 0.15) is 18.4 Å². The van der Waals surface area contributed by atoms with Crippen molar-refractivity contribution in [2.24, 2.45) is 0 Å². The van der Waals surface area contributed by atoms with E-state index >= 15 is 0 Å². The third-order valence-corrected chi connectivity index (χ3v) is 2.67. The second kappa shape index (κ2) is 5.08. The number of carbonyl (C=O) groups is 1. The van der Waals surface area contributed by atoms with Crippen molar-refractivity contribution in [3.63, 3.8) is 0 Å². The lowest BCUT2D eigenvalue weighted by Crippen LogP contribution is -2.02. The van der Waals surface area contributed by atoms with E-state index in [9.17, 15) is 18.0 Å². The highest BCUT2D eigenvalue weighted by Gasteiger charge is 2.20. The van der Waals surface area contributed by atoms with Gasteiger partial charge >= 0.3 is 0 Å². The summed E-state index contributed by atoms with van der Waals surface area (Å²) in [5, 5.41) is 0. The maximum absolute atomic E-state index is 13.7. The summed E-state index contributed by atoms with van der Waals surface area (Å²) in [6.45, 7) is 0.201. The molecule has 0 radical (unpaired) electrons. The zero-order chi connectivity index (χ0) is 13.1. The van der Waals surface area contributed by atoms with Crippen LogP contribution in [-0.2, 0) is 9.53 Å². The monoisotopic (exact) mass is 254 g/mol. The predicted octanol–water partition coefficient (Wildman–Crippen LogP) is 3.50. The van der Waals surface area contributed by atoms with Crippen molar-refractivity contribution in [1.82, 2.24) is 0 Å². The van der Waals surface area contributed by atoms with Crippen LogP contribution in [0.5, 0.6) is 0 Å². The maximum Gasteiger partial charge on any atom is 0.298 e. The summed E-state index contributed by atoms with van der Waals surface area (Å²) in [7, 11) is 0. The number of hydrogen-bond acceptors (Lipinski definition) is 2. The van der Waals surface area contributed by atoms with Gasteiger partial charge < -0.3 is 4.74 Å². The number of allylic oxidation sites excluding steroid dienone is 4. The molecule has 0 heterocycles. The largest absolute Gasteiger partial charge is 0.433 e. The molecule has 0 amide bonds. The molecule has 94 valence electrons. The third kappa shape index (κ3) is 2.30. The minimum absolute atomic E-state index is 0.0743. The Labute approximate surface area is 101 Å². The van der Waals surface area contributed by atoms with Gasteiger partial charge in [-0.05, 0) is 18.1 Å². The van der Waals surface area contributed by atoms with E-state index in [2.05, 4.69) is 4.74 Å². The highest BCUT2D eigenvalue weighted by molar-refractivity contribution is 5.71. The average molecular weight is 254 g/mol. The predicted molar refractivity (Wildman–Crippen MR) is 58.9 cm³/mol. The van der Waals surface area contributed by atoms with Crippen LogP contribution in [0.15, 0.2) is 35.9 Å². The first-order valence-corrected chi connectivity index (χ1v) is 5.27. The molecular weight excluding hydrogens is 245 g/mol. The number of benzene rings is 1. The van der Waals surface area contributed by atoms with Gasteiger partial charge in [-0.3, -0.25) is 4.79 Å². The van der Waals surface area contributed by atoms with Crippen LogP contribution >= 0.6 is 0 Å². The summed E-state index contributed by atoms with van der Waals surface area (Å²) >= 11 is 0. The Balaban J connectivity index is 2.42. The molecule has 0 N–H and O–H groups in total. The Morgan fingerprint density at radius 2 is 1.94 bits per heavy atom. The maximum atomic E-state index is 13.7. The second-order valence-electron chi connectivity index (χ2n) is 3.75. The molecule has 0 atom stereocenters. The summed E-state index contributed by atoms with van der Waals surface area (Å²) in [6, 6.07) is 3.60. The Morgan fingerprint density at radius 3 is 2.61 bits per heavy atom. The lowest BCUT2D eigenvalue weighted by atomic mass is 9.95. The fraction of sp³-hybridized carbons (Fsp3) is 0.154. The first-order valence-electron chi connectivity index (χ1n) is 5.27. The number of carbonyl (C=O) groups excluding carboxylic acids is 1. The Bertz CT molecular complexity index is 547. The molecule has 1 aromatic carbocycles. The quantitative estimate of drug-likeness (QED) is 0.772. The molecule has 0 aromatic heterocycles. The molecule has 2 rings (SSSR count). The van der Waals surface area contributed by atoms with E-state index < -0.39 is 17.5 Å². The molecule has 2 nitrogen and oxygen atoms in total. The van der Waals surface area contributed by atoms with E-state index in [-0.39, 0.29) is 36.2 Å². The fourth-order valence-electron chi connectivity index (χ4n) is 1.82. The van der Waals surface area contributed by atoms with Gasteiger partial charge in [-0.2, -0.15) is 0 Å².